The quantitative estimate of drug-likeness (QED) is 0.794. The summed E-state index contributed by atoms with van der Waals surface area (Å²) in [7, 11) is 1.31. The lowest BCUT2D eigenvalue weighted by atomic mass is 10.0. The Bertz CT molecular complexity index is 732. The van der Waals surface area contributed by atoms with Crippen LogP contribution in [0.5, 0.6) is 0 Å². The first-order valence-electron chi connectivity index (χ1n) is 7.96. The Hall–Kier alpha value is -2.51. The highest BCUT2D eigenvalue weighted by molar-refractivity contribution is 6.11. The van der Waals surface area contributed by atoms with E-state index < -0.39 is 17.2 Å². The van der Waals surface area contributed by atoms with E-state index in [0.717, 1.165) is 18.2 Å². The molecule has 6 nitrogen and oxygen atoms in total. The van der Waals surface area contributed by atoms with E-state index in [1.807, 2.05) is 0 Å². The summed E-state index contributed by atoms with van der Waals surface area (Å²) in [5, 5.41) is 6.64. The topological polar surface area (TPSA) is 77.0 Å². The third-order valence-electron chi connectivity index (χ3n) is 4.48. The van der Waals surface area contributed by atoms with Crippen LogP contribution in [0, 0.1) is 17.6 Å². The van der Waals surface area contributed by atoms with Gasteiger partial charge in [-0.1, -0.05) is 5.16 Å². The number of esters is 1. The molecule has 134 valence electrons. The van der Waals surface area contributed by atoms with E-state index in [1.54, 1.807) is 6.92 Å². The second kappa shape index (κ2) is 6.42. The average molecular weight is 352 g/mol. The SMILES string of the molecule is COC(=O)CC[C@H](C)NC(=O)C12CC1C(c1cc(F)cc(F)c1)=NO2. The number of nitrogens with one attached hydrogen (secondary N) is 1. The molecule has 25 heavy (non-hydrogen) atoms. The normalized spacial score (nSPS) is 24.6. The number of rotatable bonds is 6. The van der Waals surface area contributed by atoms with Crippen molar-refractivity contribution in [2.75, 3.05) is 7.11 Å². The highest BCUT2D eigenvalue weighted by Gasteiger charge is 2.69. The first-order chi connectivity index (χ1) is 11.9. The van der Waals surface area contributed by atoms with Gasteiger partial charge in [-0.25, -0.2) is 8.78 Å². The minimum absolute atomic E-state index is 0.194. The number of methoxy groups -OCH3 is 1. The number of benzene rings is 1. The van der Waals surface area contributed by atoms with Crippen molar-refractivity contribution in [3.05, 3.63) is 35.4 Å². The van der Waals surface area contributed by atoms with E-state index in [4.69, 9.17) is 4.84 Å². The van der Waals surface area contributed by atoms with Crippen molar-refractivity contribution in [1.82, 2.24) is 5.32 Å². The molecule has 3 atom stereocenters. The second-order valence-electron chi connectivity index (χ2n) is 6.36. The maximum atomic E-state index is 13.4. The summed E-state index contributed by atoms with van der Waals surface area (Å²) in [5.41, 5.74) is -0.471. The number of carbonyl (C=O) groups is 2. The molecule has 1 N–H and O–H groups in total. The number of fused-ring (bicyclic) bond motifs is 1. The summed E-state index contributed by atoms with van der Waals surface area (Å²) in [5.74, 6) is -2.44. The van der Waals surface area contributed by atoms with Gasteiger partial charge in [-0.3, -0.25) is 9.59 Å². The van der Waals surface area contributed by atoms with Crippen molar-refractivity contribution in [2.24, 2.45) is 11.1 Å². The first-order valence-corrected chi connectivity index (χ1v) is 7.96. The summed E-state index contributed by atoms with van der Waals surface area (Å²) >= 11 is 0. The molecule has 1 amide bonds. The minimum Gasteiger partial charge on any atom is -0.469 e. The van der Waals surface area contributed by atoms with Crippen LogP contribution in [0.25, 0.3) is 0 Å². The third kappa shape index (κ3) is 3.33. The maximum absolute atomic E-state index is 13.4. The number of hydrogen-bond acceptors (Lipinski definition) is 5. The zero-order valence-corrected chi connectivity index (χ0v) is 13.8. The van der Waals surface area contributed by atoms with Crippen LogP contribution in [0.3, 0.4) is 0 Å². The molecule has 2 aliphatic rings. The molecule has 1 saturated carbocycles. The third-order valence-corrected chi connectivity index (χ3v) is 4.48. The van der Waals surface area contributed by atoms with Crippen molar-refractivity contribution in [3.8, 4) is 0 Å². The first kappa shape index (κ1) is 17.3. The van der Waals surface area contributed by atoms with E-state index in [2.05, 4.69) is 15.2 Å². The van der Waals surface area contributed by atoms with Crippen molar-refractivity contribution in [1.29, 1.82) is 0 Å². The molecule has 0 radical (unpaired) electrons. The van der Waals surface area contributed by atoms with Crippen LogP contribution >= 0.6 is 0 Å². The van der Waals surface area contributed by atoms with Crippen molar-refractivity contribution >= 4 is 17.6 Å². The molecule has 1 fully saturated rings. The summed E-state index contributed by atoms with van der Waals surface area (Å²) in [6.07, 6.45) is 1.03. The molecule has 3 rings (SSSR count). The average Bonchev–Trinajstić information content (AvgIpc) is 3.17. The van der Waals surface area contributed by atoms with Gasteiger partial charge in [-0.05, 0) is 25.5 Å². The van der Waals surface area contributed by atoms with Crippen LogP contribution in [0.4, 0.5) is 8.78 Å². The van der Waals surface area contributed by atoms with Gasteiger partial charge in [-0.2, -0.15) is 0 Å². The number of halogens is 2. The monoisotopic (exact) mass is 352 g/mol. The van der Waals surface area contributed by atoms with Gasteiger partial charge in [0.15, 0.2) is 0 Å². The van der Waals surface area contributed by atoms with E-state index in [-0.39, 0.29) is 35.8 Å². The van der Waals surface area contributed by atoms with E-state index in [1.165, 1.54) is 7.11 Å². The lowest BCUT2D eigenvalue weighted by molar-refractivity contribution is -0.141. The number of oxime groups is 1. The van der Waals surface area contributed by atoms with Gasteiger partial charge in [0.1, 0.15) is 11.6 Å². The molecule has 1 aromatic rings. The van der Waals surface area contributed by atoms with Gasteiger partial charge in [0.25, 0.3) is 5.91 Å². The highest BCUT2D eigenvalue weighted by Crippen LogP contribution is 2.53. The second-order valence-corrected chi connectivity index (χ2v) is 6.36. The lowest BCUT2D eigenvalue weighted by Crippen LogP contribution is -2.43. The molecule has 2 unspecified atom stereocenters. The predicted octanol–water partition coefficient (Wildman–Crippen LogP) is 1.92. The predicted molar refractivity (Wildman–Crippen MR) is 83.7 cm³/mol. The molecule has 8 heteroatoms. The van der Waals surface area contributed by atoms with Gasteiger partial charge < -0.3 is 14.9 Å². The van der Waals surface area contributed by atoms with Crippen LogP contribution in [0.2, 0.25) is 0 Å². The Morgan fingerprint density at radius 1 is 1.40 bits per heavy atom. The number of amides is 1. The molecule has 0 saturated heterocycles. The number of carbonyl (C=O) groups excluding carboxylic acids is 2. The molecule has 1 heterocycles. The van der Waals surface area contributed by atoms with Gasteiger partial charge >= 0.3 is 5.97 Å². The summed E-state index contributed by atoms with van der Waals surface area (Å²) in [6, 6.07) is 2.85. The standard InChI is InChI=1S/C17H18F2N2O4/c1-9(3-4-14(22)24-2)20-16(23)17-8-13(17)15(21-25-17)10-5-11(18)7-12(19)6-10/h5-7,9,13H,3-4,8H2,1-2H3,(H,20,23)/t9-,13?,17?/m0/s1. The van der Waals surface area contributed by atoms with Crippen LogP contribution < -0.4 is 5.32 Å². The molecule has 0 aromatic heterocycles. The summed E-state index contributed by atoms with van der Waals surface area (Å²) < 4.78 is 31.3. The van der Waals surface area contributed by atoms with Gasteiger partial charge in [0, 0.05) is 30.5 Å². The fourth-order valence-electron chi connectivity index (χ4n) is 2.96. The minimum atomic E-state index is -1.11. The fraction of sp³-hybridized carbons (Fsp3) is 0.471. The van der Waals surface area contributed by atoms with Gasteiger partial charge in [-0.15, -0.1) is 0 Å². The van der Waals surface area contributed by atoms with Crippen LogP contribution in [-0.2, 0) is 19.2 Å². The molecular formula is C17H18F2N2O4. The van der Waals surface area contributed by atoms with E-state index in [0.29, 0.717) is 18.6 Å². The van der Waals surface area contributed by atoms with Crippen LogP contribution in [0.15, 0.2) is 23.4 Å². The van der Waals surface area contributed by atoms with Gasteiger partial charge in [0.2, 0.25) is 5.60 Å². The van der Waals surface area contributed by atoms with Crippen LogP contribution in [-0.4, -0.2) is 36.3 Å². The molecule has 1 aliphatic heterocycles. The lowest BCUT2D eigenvalue weighted by Gasteiger charge is -2.16. The molecular weight excluding hydrogens is 334 g/mol. The fourth-order valence-corrected chi connectivity index (χ4v) is 2.96. The Kier molecular flexibility index (Phi) is 4.45. The molecule has 1 aliphatic carbocycles. The Balaban J connectivity index is 1.61. The highest BCUT2D eigenvalue weighted by atomic mass is 19.1. The zero-order chi connectivity index (χ0) is 18.2. The van der Waals surface area contributed by atoms with E-state index >= 15 is 0 Å². The van der Waals surface area contributed by atoms with Crippen molar-refractivity contribution < 1.29 is 27.9 Å². The zero-order valence-electron chi connectivity index (χ0n) is 13.8. The molecule has 1 aromatic carbocycles. The van der Waals surface area contributed by atoms with Crippen molar-refractivity contribution in [3.63, 3.8) is 0 Å². The summed E-state index contributed by atoms with van der Waals surface area (Å²) in [6.45, 7) is 1.77. The van der Waals surface area contributed by atoms with Gasteiger partial charge in [0.05, 0.1) is 18.7 Å². The smallest absolute Gasteiger partial charge is 0.305 e. The number of nitrogens with zero attached hydrogens (tertiary/aromatic N) is 1. The number of hydrogen-bond donors (Lipinski definition) is 1. The Morgan fingerprint density at radius 3 is 2.68 bits per heavy atom. The van der Waals surface area contributed by atoms with Crippen LogP contribution in [0.1, 0.15) is 31.7 Å². The number of ether oxygens (including phenoxy) is 1. The Labute approximate surface area is 143 Å². The molecule has 0 bridgehead atoms. The Morgan fingerprint density at radius 2 is 2.08 bits per heavy atom. The van der Waals surface area contributed by atoms with E-state index in [9.17, 15) is 18.4 Å². The largest absolute Gasteiger partial charge is 0.469 e. The van der Waals surface area contributed by atoms with Crippen molar-refractivity contribution in [2.45, 2.75) is 37.8 Å². The summed E-state index contributed by atoms with van der Waals surface area (Å²) in [4.78, 5) is 28.9. The maximum Gasteiger partial charge on any atom is 0.305 e. The molecule has 0 spiro atoms.